The summed E-state index contributed by atoms with van der Waals surface area (Å²) < 4.78 is 22.7. The summed E-state index contributed by atoms with van der Waals surface area (Å²) in [6, 6.07) is 3.74. The summed E-state index contributed by atoms with van der Waals surface area (Å²) in [6.07, 6.45) is 0. The molecule has 3 N–H and O–H groups in total. The topological polar surface area (TPSA) is 73.6 Å². The fourth-order valence-electron chi connectivity index (χ4n) is 1.12. The van der Waals surface area contributed by atoms with Crippen LogP contribution in [0.1, 0.15) is 0 Å². The Morgan fingerprint density at radius 2 is 2.29 bits per heavy atom. The monoisotopic (exact) mass is 242 g/mol. The van der Waals surface area contributed by atoms with Crippen molar-refractivity contribution in [2.24, 2.45) is 0 Å². The van der Waals surface area contributed by atoms with Crippen LogP contribution in [0.15, 0.2) is 18.2 Å². The lowest BCUT2D eigenvalue weighted by Crippen LogP contribution is -2.31. The number of amides is 1. The zero-order valence-corrected chi connectivity index (χ0v) is 9.53. The van der Waals surface area contributed by atoms with Crippen LogP contribution in [0.5, 0.6) is 5.75 Å². The maximum Gasteiger partial charge on any atom is 0.258 e. The smallest absolute Gasteiger partial charge is 0.258 e. The fraction of sp³-hybridized carbons (Fsp3) is 0.364. The Kier molecular flexibility index (Phi) is 5.22. The first-order valence-corrected chi connectivity index (χ1v) is 5.07. The molecule has 0 aliphatic carbocycles. The number of hydrogen-bond acceptors (Lipinski definition) is 4. The van der Waals surface area contributed by atoms with Crippen molar-refractivity contribution in [2.45, 2.75) is 0 Å². The molecular weight excluding hydrogens is 227 g/mol. The molecule has 0 aliphatic heterocycles. The lowest BCUT2D eigenvalue weighted by atomic mass is 10.3. The average molecular weight is 242 g/mol. The van der Waals surface area contributed by atoms with Crippen LogP contribution in [-0.2, 0) is 9.53 Å². The van der Waals surface area contributed by atoms with Crippen molar-refractivity contribution < 1.29 is 18.7 Å². The first-order valence-electron chi connectivity index (χ1n) is 5.07. The van der Waals surface area contributed by atoms with E-state index in [1.54, 1.807) is 0 Å². The number of hydrogen-bond donors (Lipinski definition) is 2. The summed E-state index contributed by atoms with van der Waals surface area (Å²) in [5, 5.41) is 2.56. The third-order valence-electron chi connectivity index (χ3n) is 1.96. The van der Waals surface area contributed by atoms with Gasteiger partial charge in [-0.05, 0) is 12.1 Å². The van der Waals surface area contributed by atoms with E-state index >= 15 is 0 Å². The molecule has 94 valence electrons. The van der Waals surface area contributed by atoms with Gasteiger partial charge in [0.1, 0.15) is 11.6 Å². The number of carbonyl (C=O) groups is 1. The Balaban J connectivity index is 2.39. The van der Waals surface area contributed by atoms with Gasteiger partial charge in [0.2, 0.25) is 0 Å². The minimum atomic E-state index is -0.464. The van der Waals surface area contributed by atoms with Gasteiger partial charge in [-0.3, -0.25) is 4.79 Å². The predicted molar refractivity (Wildman–Crippen MR) is 61.2 cm³/mol. The first kappa shape index (κ1) is 13.2. The molecule has 1 aromatic carbocycles. The fourth-order valence-corrected chi connectivity index (χ4v) is 1.12. The van der Waals surface area contributed by atoms with Gasteiger partial charge in [-0.2, -0.15) is 0 Å². The summed E-state index contributed by atoms with van der Waals surface area (Å²) in [4.78, 5) is 11.3. The Morgan fingerprint density at radius 3 is 3.00 bits per heavy atom. The van der Waals surface area contributed by atoms with Crippen molar-refractivity contribution in [3.05, 3.63) is 24.0 Å². The molecule has 0 unspecified atom stereocenters. The van der Waals surface area contributed by atoms with Crippen molar-refractivity contribution >= 4 is 11.6 Å². The van der Waals surface area contributed by atoms with Gasteiger partial charge < -0.3 is 20.5 Å². The SMILES string of the molecule is COCCNC(=O)COc1cc(F)ccc1N. The molecule has 0 radical (unpaired) electrons. The summed E-state index contributed by atoms with van der Waals surface area (Å²) in [5.41, 5.74) is 5.84. The molecule has 6 heteroatoms. The van der Waals surface area contributed by atoms with E-state index in [1.807, 2.05) is 0 Å². The molecule has 5 nitrogen and oxygen atoms in total. The Bertz CT molecular complexity index is 385. The third kappa shape index (κ3) is 4.69. The number of rotatable bonds is 6. The lowest BCUT2D eigenvalue weighted by Gasteiger charge is -2.09. The number of carbonyl (C=O) groups excluding carboxylic acids is 1. The van der Waals surface area contributed by atoms with E-state index in [1.165, 1.54) is 19.2 Å². The van der Waals surface area contributed by atoms with Crippen molar-refractivity contribution in [3.63, 3.8) is 0 Å². The van der Waals surface area contributed by atoms with Gasteiger partial charge in [-0.25, -0.2) is 4.39 Å². The van der Waals surface area contributed by atoms with Crippen molar-refractivity contribution in [1.82, 2.24) is 5.32 Å². The maximum absolute atomic E-state index is 12.9. The number of methoxy groups -OCH3 is 1. The molecule has 0 spiro atoms. The normalized spacial score (nSPS) is 10.0. The molecule has 0 fully saturated rings. The predicted octanol–water partition coefficient (Wildman–Crippen LogP) is 0.549. The molecule has 17 heavy (non-hydrogen) atoms. The molecule has 0 saturated heterocycles. The second-order valence-corrected chi connectivity index (χ2v) is 3.31. The highest BCUT2D eigenvalue weighted by atomic mass is 19.1. The van der Waals surface area contributed by atoms with Gasteiger partial charge in [0.05, 0.1) is 12.3 Å². The zero-order chi connectivity index (χ0) is 12.7. The lowest BCUT2D eigenvalue weighted by molar-refractivity contribution is -0.123. The molecule has 0 saturated carbocycles. The van der Waals surface area contributed by atoms with Crippen LogP contribution in [0.3, 0.4) is 0 Å². The first-order chi connectivity index (χ1) is 8.13. The Hall–Kier alpha value is -1.82. The third-order valence-corrected chi connectivity index (χ3v) is 1.96. The largest absolute Gasteiger partial charge is 0.482 e. The quantitative estimate of drug-likeness (QED) is 0.564. The maximum atomic E-state index is 12.9. The number of anilines is 1. The second-order valence-electron chi connectivity index (χ2n) is 3.31. The number of halogens is 1. The number of nitrogen functional groups attached to an aromatic ring is 1. The average Bonchev–Trinajstić information content (AvgIpc) is 2.31. The van der Waals surface area contributed by atoms with Crippen LogP contribution in [0.4, 0.5) is 10.1 Å². The summed E-state index contributed by atoms with van der Waals surface area (Å²) in [6.45, 7) is 0.614. The van der Waals surface area contributed by atoms with Crippen LogP contribution in [0.25, 0.3) is 0 Å². The second kappa shape index (κ2) is 6.70. The zero-order valence-electron chi connectivity index (χ0n) is 9.53. The standard InChI is InChI=1S/C11H15FN2O3/c1-16-5-4-14-11(15)7-17-10-6-8(12)2-3-9(10)13/h2-3,6H,4-5,7,13H2,1H3,(H,14,15). The van der Waals surface area contributed by atoms with E-state index in [0.717, 1.165) is 6.07 Å². The van der Waals surface area contributed by atoms with E-state index < -0.39 is 5.82 Å². The highest BCUT2D eigenvalue weighted by molar-refractivity contribution is 5.77. The van der Waals surface area contributed by atoms with E-state index in [9.17, 15) is 9.18 Å². The Morgan fingerprint density at radius 1 is 1.53 bits per heavy atom. The van der Waals surface area contributed by atoms with Crippen molar-refractivity contribution in [1.29, 1.82) is 0 Å². The molecule has 1 aromatic rings. The van der Waals surface area contributed by atoms with E-state index in [2.05, 4.69) is 5.32 Å². The molecule has 0 atom stereocenters. The van der Waals surface area contributed by atoms with E-state index in [0.29, 0.717) is 13.2 Å². The van der Waals surface area contributed by atoms with Crippen LogP contribution in [-0.4, -0.2) is 32.8 Å². The van der Waals surface area contributed by atoms with Gasteiger partial charge >= 0.3 is 0 Å². The van der Waals surface area contributed by atoms with Gasteiger partial charge in [-0.15, -0.1) is 0 Å². The number of benzene rings is 1. The van der Waals surface area contributed by atoms with Crippen molar-refractivity contribution in [3.8, 4) is 5.75 Å². The molecule has 1 amide bonds. The highest BCUT2D eigenvalue weighted by Crippen LogP contribution is 2.21. The number of nitrogens with two attached hydrogens (primary N) is 1. The number of nitrogens with one attached hydrogen (secondary N) is 1. The molecule has 0 heterocycles. The molecule has 1 rings (SSSR count). The van der Waals surface area contributed by atoms with Crippen molar-refractivity contribution in [2.75, 3.05) is 32.6 Å². The molecular formula is C11H15FN2O3. The van der Waals surface area contributed by atoms with Gasteiger partial charge in [0.15, 0.2) is 6.61 Å². The molecule has 0 aromatic heterocycles. The van der Waals surface area contributed by atoms with E-state index in [-0.39, 0.29) is 24.0 Å². The van der Waals surface area contributed by atoms with E-state index in [4.69, 9.17) is 15.2 Å². The van der Waals surface area contributed by atoms with Gasteiger partial charge in [0, 0.05) is 19.7 Å². The summed E-state index contributed by atoms with van der Waals surface area (Å²) in [7, 11) is 1.54. The highest BCUT2D eigenvalue weighted by Gasteiger charge is 2.05. The summed E-state index contributed by atoms with van der Waals surface area (Å²) >= 11 is 0. The van der Waals surface area contributed by atoms with Crippen LogP contribution in [0, 0.1) is 5.82 Å². The minimum absolute atomic E-state index is 0.159. The van der Waals surface area contributed by atoms with Gasteiger partial charge in [0.25, 0.3) is 5.91 Å². The van der Waals surface area contributed by atoms with Crippen LogP contribution < -0.4 is 15.8 Å². The molecule has 0 bridgehead atoms. The van der Waals surface area contributed by atoms with Gasteiger partial charge in [-0.1, -0.05) is 0 Å². The minimum Gasteiger partial charge on any atom is -0.482 e. The Labute approximate surface area is 98.7 Å². The van der Waals surface area contributed by atoms with Crippen LogP contribution in [0.2, 0.25) is 0 Å². The number of ether oxygens (including phenoxy) is 2. The molecule has 0 aliphatic rings. The summed E-state index contributed by atoms with van der Waals surface area (Å²) in [5.74, 6) is -0.619. The van der Waals surface area contributed by atoms with Crippen LogP contribution >= 0.6 is 0 Å².